The highest BCUT2D eigenvalue weighted by Gasteiger charge is 2.14. The zero-order valence-corrected chi connectivity index (χ0v) is 15.0. The molecule has 0 aliphatic rings. The average molecular weight is 324 g/mol. The number of carbonyl (C=O) groups excluding carboxylic acids is 1. The van der Waals surface area contributed by atoms with Crippen LogP contribution in [0.5, 0.6) is 0 Å². The van der Waals surface area contributed by atoms with E-state index in [-0.39, 0.29) is 5.91 Å². The maximum absolute atomic E-state index is 12.7. The van der Waals surface area contributed by atoms with Crippen LogP contribution >= 0.6 is 0 Å². The van der Waals surface area contributed by atoms with Crippen molar-refractivity contribution >= 4 is 5.91 Å². The summed E-state index contributed by atoms with van der Waals surface area (Å²) in [6, 6.07) is 18.2. The standard InChI is InChI=1S/C21H28N2O/c1-4-22(5-2)16-19-12-14-20(15-13-19)21(24)23(6-3)17-18-10-8-7-9-11-18/h7-15H,4-6,16-17H2,1-3H3. The Morgan fingerprint density at radius 3 is 1.88 bits per heavy atom. The SMILES string of the molecule is CCN(CC)Cc1ccc(C(=O)N(CC)Cc2ccccc2)cc1. The molecule has 2 aromatic rings. The molecule has 0 atom stereocenters. The molecule has 24 heavy (non-hydrogen) atoms. The van der Waals surface area contributed by atoms with E-state index >= 15 is 0 Å². The molecule has 2 aromatic carbocycles. The monoisotopic (exact) mass is 324 g/mol. The lowest BCUT2D eigenvalue weighted by molar-refractivity contribution is 0.0752. The summed E-state index contributed by atoms with van der Waals surface area (Å²) in [5.74, 6) is 0.0933. The number of hydrogen-bond donors (Lipinski definition) is 0. The highest BCUT2D eigenvalue weighted by molar-refractivity contribution is 5.94. The van der Waals surface area contributed by atoms with Gasteiger partial charge in [-0.15, -0.1) is 0 Å². The van der Waals surface area contributed by atoms with E-state index in [1.807, 2.05) is 42.2 Å². The van der Waals surface area contributed by atoms with Crippen molar-refractivity contribution in [3.8, 4) is 0 Å². The van der Waals surface area contributed by atoms with Gasteiger partial charge in [0.15, 0.2) is 0 Å². The van der Waals surface area contributed by atoms with Crippen LogP contribution in [-0.2, 0) is 13.1 Å². The van der Waals surface area contributed by atoms with Gasteiger partial charge < -0.3 is 4.90 Å². The largest absolute Gasteiger partial charge is 0.335 e. The molecule has 3 nitrogen and oxygen atoms in total. The summed E-state index contributed by atoms with van der Waals surface area (Å²) in [5.41, 5.74) is 3.17. The number of nitrogens with zero attached hydrogens (tertiary/aromatic N) is 2. The second kappa shape index (κ2) is 9.24. The van der Waals surface area contributed by atoms with Gasteiger partial charge in [-0.05, 0) is 43.3 Å². The zero-order valence-electron chi connectivity index (χ0n) is 15.0. The quantitative estimate of drug-likeness (QED) is 0.727. The molecule has 0 N–H and O–H groups in total. The van der Waals surface area contributed by atoms with Crippen molar-refractivity contribution in [2.45, 2.75) is 33.9 Å². The van der Waals surface area contributed by atoms with Gasteiger partial charge in [0.05, 0.1) is 0 Å². The molecule has 128 valence electrons. The third kappa shape index (κ3) is 4.93. The van der Waals surface area contributed by atoms with Crippen LogP contribution in [0.1, 0.15) is 42.3 Å². The summed E-state index contributed by atoms with van der Waals surface area (Å²) in [7, 11) is 0. The molecule has 0 aliphatic carbocycles. The van der Waals surface area contributed by atoms with Gasteiger partial charge in [-0.1, -0.05) is 56.3 Å². The summed E-state index contributed by atoms with van der Waals surface area (Å²) in [4.78, 5) is 17.0. The molecule has 3 heteroatoms. The van der Waals surface area contributed by atoms with Gasteiger partial charge in [-0.3, -0.25) is 9.69 Å². The van der Waals surface area contributed by atoms with Crippen molar-refractivity contribution in [2.24, 2.45) is 0 Å². The Hall–Kier alpha value is -2.13. The summed E-state index contributed by atoms with van der Waals surface area (Å²) in [5, 5.41) is 0. The van der Waals surface area contributed by atoms with Crippen LogP contribution < -0.4 is 0 Å². The predicted molar refractivity (Wildman–Crippen MR) is 99.9 cm³/mol. The Balaban J connectivity index is 2.04. The Bertz CT molecular complexity index is 618. The van der Waals surface area contributed by atoms with Crippen LogP contribution in [0.25, 0.3) is 0 Å². The van der Waals surface area contributed by atoms with Gasteiger partial charge in [-0.25, -0.2) is 0 Å². The number of benzene rings is 2. The molecule has 0 radical (unpaired) electrons. The molecule has 0 heterocycles. The molecule has 0 saturated carbocycles. The van der Waals surface area contributed by atoms with E-state index < -0.39 is 0 Å². The van der Waals surface area contributed by atoms with Gasteiger partial charge in [0.2, 0.25) is 0 Å². The molecule has 0 fully saturated rings. The van der Waals surface area contributed by atoms with E-state index in [9.17, 15) is 4.79 Å². The first-order valence-corrected chi connectivity index (χ1v) is 8.82. The van der Waals surface area contributed by atoms with Crippen LogP contribution in [0.4, 0.5) is 0 Å². The van der Waals surface area contributed by atoms with Gasteiger partial charge >= 0.3 is 0 Å². The van der Waals surface area contributed by atoms with Crippen LogP contribution in [-0.4, -0.2) is 35.3 Å². The van der Waals surface area contributed by atoms with Crippen molar-refractivity contribution < 1.29 is 4.79 Å². The molecule has 0 unspecified atom stereocenters. The summed E-state index contributed by atoms with van der Waals surface area (Å²) in [6.45, 7) is 10.7. The molecule has 0 aromatic heterocycles. The fraction of sp³-hybridized carbons (Fsp3) is 0.381. The molecule has 0 spiro atoms. The lowest BCUT2D eigenvalue weighted by Gasteiger charge is -2.22. The number of amides is 1. The molecule has 2 rings (SSSR count). The Labute approximate surface area is 145 Å². The Morgan fingerprint density at radius 2 is 1.33 bits per heavy atom. The summed E-state index contributed by atoms with van der Waals surface area (Å²) >= 11 is 0. The number of rotatable bonds is 8. The van der Waals surface area contributed by atoms with Crippen LogP contribution in [0.15, 0.2) is 54.6 Å². The first kappa shape index (κ1) is 18.2. The summed E-state index contributed by atoms with van der Waals surface area (Å²) < 4.78 is 0. The van der Waals surface area contributed by atoms with Crippen LogP contribution in [0, 0.1) is 0 Å². The molecular weight excluding hydrogens is 296 g/mol. The van der Waals surface area contributed by atoms with Crippen LogP contribution in [0.3, 0.4) is 0 Å². The van der Waals surface area contributed by atoms with E-state index in [2.05, 4.69) is 43.0 Å². The van der Waals surface area contributed by atoms with E-state index in [0.29, 0.717) is 13.1 Å². The van der Waals surface area contributed by atoms with Gasteiger partial charge in [-0.2, -0.15) is 0 Å². The number of hydrogen-bond acceptors (Lipinski definition) is 2. The van der Waals surface area contributed by atoms with Gasteiger partial charge in [0, 0.05) is 25.2 Å². The molecule has 0 saturated heterocycles. The van der Waals surface area contributed by atoms with E-state index in [1.54, 1.807) is 0 Å². The van der Waals surface area contributed by atoms with E-state index in [1.165, 1.54) is 5.56 Å². The Kier molecular flexibility index (Phi) is 7.01. The molecule has 1 amide bonds. The summed E-state index contributed by atoms with van der Waals surface area (Å²) in [6.07, 6.45) is 0. The highest BCUT2D eigenvalue weighted by Crippen LogP contribution is 2.12. The van der Waals surface area contributed by atoms with Crippen molar-refractivity contribution in [1.29, 1.82) is 0 Å². The second-order valence-corrected chi connectivity index (χ2v) is 5.96. The van der Waals surface area contributed by atoms with Crippen molar-refractivity contribution in [3.05, 3.63) is 71.3 Å². The lowest BCUT2D eigenvalue weighted by atomic mass is 10.1. The average Bonchev–Trinajstić information content (AvgIpc) is 2.65. The second-order valence-electron chi connectivity index (χ2n) is 5.96. The minimum absolute atomic E-state index is 0.0933. The van der Waals surface area contributed by atoms with Gasteiger partial charge in [0.25, 0.3) is 5.91 Å². The van der Waals surface area contributed by atoms with Crippen molar-refractivity contribution in [3.63, 3.8) is 0 Å². The first-order valence-electron chi connectivity index (χ1n) is 8.82. The van der Waals surface area contributed by atoms with Crippen LogP contribution in [0.2, 0.25) is 0 Å². The maximum Gasteiger partial charge on any atom is 0.254 e. The smallest absolute Gasteiger partial charge is 0.254 e. The fourth-order valence-electron chi connectivity index (χ4n) is 2.77. The highest BCUT2D eigenvalue weighted by atomic mass is 16.2. The van der Waals surface area contributed by atoms with Gasteiger partial charge in [0.1, 0.15) is 0 Å². The molecule has 0 aliphatic heterocycles. The maximum atomic E-state index is 12.7. The van der Waals surface area contributed by atoms with E-state index in [4.69, 9.17) is 0 Å². The number of carbonyl (C=O) groups is 1. The zero-order chi connectivity index (χ0) is 17.4. The minimum Gasteiger partial charge on any atom is -0.335 e. The Morgan fingerprint density at radius 1 is 0.750 bits per heavy atom. The lowest BCUT2D eigenvalue weighted by Crippen LogP contribution is -2.30. The molecule has 0 bridgehead atoms. The van der Waals surface area contributed by atoms with E-state index in [0.717, 1.165) is 30.8 Å². The third-order valence-electron chi connectivity index (χ3n) is 4.39. The minimum atomic E-state index is 0.0933. The first-order chi connectivity index (χ1) is 11.7. The topological polar surface area (TPSA) is 23.6 Å². The van der Waals surface area contributed by atoms with Crippen molar-refractivity contribution in [1.82, 2.24) is 9.80 Å². The molecular formula is C21H28N2O. The van der Waals surface area contributed by atoms with Crippen molar-refractivity contribution in [2.75, 3.05) is 19.6 Å². The predicted octanol–water partition coefficient (Wildman–Crippen LogP) is 4.19. The normalized spacial score (nSPS) is 10.8. The third-order valence-corrected chi connectivity index (χ3v) is 4.39. The fourth-order valence-corrected chi connectivity index (χ4v) is 2.77.